The SMILES string of the molecule is CC(NC(=O)NCCC(=O)N1CCCC1)c1ccc(NC(=O)C2CC2)cc1. The lowest BCUT2D eigenvalue weighted by molar-refractivity contribution is -0.130. The zero-order chi connectivity index (χ0) is 19.2. The molecule has 1 atom stereocenters. The molecule has 1 unspecified atom stereocenters. The van der Waals surface area contributed by atoms with Crippen molar-refractivity contribution in [2.45, 2.75) is 45.1 Å². The Labute approximate surface area is 159 Å². The van der Waals surface area contributed by atoms with Gasteiger partial charge in [-0.2, -0.15) is 0 Å². The van der Waals surface area contributed by atoms with Gasteiger partial charge in [0.25, 0.3) is 0 Å². The Bertz CT molecular complexity index is 679. The van der Waals surface area contributed by atoms with Crippen LogP contribution in [0.1, 0.15) is 50.6 Å². The second-order valence-electron chi connectivity index (χ2n) is 7.35. The second kappa shape index (κ2) is 8.88. The summed E-state index contributed by atoms with van der Waals surface area (Å²) >= 11 is 0. The second-order valence-corrected chi connectivity index (χ2v) is 7.35. The van der Waals surface area contributed by atoms with E-state index in [0.717, 1.165) is 50.0 Å². The molecule has 0 bridgehead atoms. The van der Waals surface area contributed by atoms with Crippen molar-refractivity contribution in [1.82, 2.24) is 15.5 Å². The highest BCUT2D eigenvalue weighted by Crippen LogP contribution is 2.30. The summed E-state index contributed by atoms with van der Waals surface area (Å²) in [4.78, 5) is 37.6. The van der Waals surface area contributed by atoms with Crippen molar-refractivity contribution in [2.75, 3.05) is 25.0 Å². The number of benzene rings is 1. The molecular formula is C20H28N4O3. The predicted octanol–water partition coefficient (Wildman–Crippen LogP) is 2.41. The van der Waals surface area contributed by atoms with Gasteiger partial charge in [0, 0.05) is 37.7 Å². The smallest absolute Gasteiger partial charge is 0.315 e. The van der Waals surface area contributed by atoms with E-state index in [1.165, 1.54) is 0 Å². The van der Waals surface area contributed by atoms with Gasteiger partial charge in [0.15, 0.2) is 0 Å². The highest BCUT2D eigenvalue weighted by Gasteiger charge is 2.29. The summed E-state index contributed by atoms with van der Waals surface area (Å²) in [6.07, 6.45) is 4.42. The van der Waals surface area contributed by atoms with Crippen molar-refractivity contribution < 1.29 is 14.4 Å². The van der Waals surface area contributed by atoms with Crippen molar-refractivity contribution in [3.05, 3.63) is 29.8 Å². The maximum atomic E-state index is 12.0. The molecule has 1 aromatic carbocycles. The van der Waals surface area contributed by atoms with E-state index in [1.54, 1.807) is 0 Å². The van der Waals surface area contributed by atoms with E-state index in [1.807, 2.05) is 36.1 Å². The van der Waals surface area contributed by atoms with Crippen LogP contribution in [-0.2, 0) is 9.59 Å². The zero-order valence-electron chi connectivity index (χ0n) is 15.8. The van der Waals surface area contributed by atoms with Crippen LogP contribution < -0.4 is 16.0 Å². The van der Waals surface area contributed by atoms with E-state index in [-0.39, 0.29) is 29.8 Å². The van der Waals surface area contributed by atoms with Crippen LogP contribution in [0.3, 0.4) is 0 Å². The van der Waals surface area contributed by atoms with Crippen LogP contribution in [0.5, 0.6) is 0 Å². The third-order valence-corrected chi connectivity index (χ3v) is 5.06. The highest BCUT2D eigenvalue weighted by molar-refractivity contribution is 5.94. The predicted molar refractivity (Wildman–Crippen MR) is 103 cm³/mol. The van der Waals surface area contributed by atoms with E-state index >= 15 is 0 Å². The molecule has 2 fully saturated rings. The molecule has 4 amide bonds. The Kier molecular flexibility index (Phi) is 6.32. The standard InChI is InChI=1S/C20H28N4O3/c1-14(15-6-8-17(9-7-15)23-19(26)16-4-5-16)22-20(27)21-11-10-18(25)24-12-2-3-13-24/h6-9,14,16H,2-5,10-13H2,1H3,(H,23,26)(H2,21,22,27). The molecule has 1 heterocycles. The zero-order valence-corrected chi connectivity index (χ0v) is 15.8. The number of likely N-dealkylation sites (tertiary alicyclic amines) is 1. The van der Waals surface area contributed by atoms with Crippen molar-refractivity contribution in [3.8, 4) is 0 Å². The molecule has 0 aromatic heterocycles. The molecule has 27 heavy (non-hydrogen) atoms. The van der Waals surface area contributed by atoms with Gasteiger partial charge < -0.3 is 20.9 Å². The average Bonchev–Trinajstić information content (AvgIpc) is 3.36. The van der Waals surface area contributed by atoms with Crippen LogP contribution in [0.15, 0.2) is 24.3 Å². The summed E-state index contributed by atoms with van der Waals surface area (Å²) in [7, 11) is 0. The minimum Gasteiger partial charge on any atom is -0.343 e. The lowest BCUT2D eigenvalue weighted by atomic mass is 10.1. The van der Waals surface area contributed by atoms with Gasteiger partial charge in [-0.25, -0.2) is 4.79 Å². The molecule has 7 heteroatoms. The van der Waals surface area contributed by atoms with Crippen molar-refractivity contribution in [1.29, 1.82) is 0 Å². The normalized spacial score (nSPS) is 17.3. The van der Waals surface area contributed by atoms with E-state index in [0.29, 0.717) is 13.0 Å². The average molecular weight is 372 g/mol. The molecule has 7 nitrogen and oxygen atoms in total. The third-order valence-electron chi connectivity index (χ3n) is 5.06. The Hall–Kier alpha value is -2.57. The van der Waals surface area contributed by atoms with Crippen LogP contribution in [-0.4, -0.2) is 42.4 Å². The van der Waals surface area contributed by atoms with Gasteiger partial charge in [-0.15, -0.1) is 0 Å². The van der Waals surface area contributed by atoms with Crippen molar-refractivity contribution >= 4 is 23.5 Å². The quantitative estimate of drug-likeness (QED) is 0.686. The first kappa shape index (κ1) is 19.2. The largest absolute Gasteiger partial charge is 0.343 e. The number of nitrogens with zero attached hydrogens (tertiary/aromatic N) is 1. The maximum absolute atomic E-state index is 12.0. The summed E-state index contributed by atoms with van der Waals surface area (Å²) in [5, 5.41) is 8.50. The molecule has 2 aliphatic rings. The summed E-state index contributed by atoms with van der Waals surface area (Å²) in [6, 6.07) is 7.02. The number of rotatable bonds is 7. The van der Waals surface area contributed by atoms with Gasteiger partial charge in [0.05, 0.1) is 6.04 Å². The molecule has 0 spiro atoms. The first-order valence-electron chi connectivity index (χ1n) is 9.76. The van der Waals surface area contributed by atoms with Crippen LogP contribution in [0.25, 0.3) is 0 Å². The molecular weight excluding hydrogens is 344 g/mol. The number of hydrogen-bond donors (Lipinski definition) is 3. The molecule has 1 aliphatic carbocycles. The molecule has 1 saturated heterocycles. The minimum absolute atomic E-state index is 0.0804. The number of urea groups is 1. The van der Waals surface area contributed by atoms with Crippen LogP contribution >= 0.6 is 0 Å². The molecule has 1 aromatic rings. The molecule has 1 aliphatic heterocycles. The monoisotopic (exact) mass is 372 g/mol. The van der Waals surface area contributed by atoms with Crippen LogP contribution in [0.4, 0.5) is 10.5 Å². The van der Waals surface area contributed by atoms with Crippen LogP contribution in [0, 0.1) is 5.92 Å². The van der Waals surface area contributed by atoms with Crippen molar-refractivity contribution in [3.63, 3.8) is 0 Å². The van der Waals surface area contributed by atoms with E-state index in [4.69, 9.17) is 0 Å². The molecule has 3 N–H and O–H groups in total. The fourth-order valence-corrected chi connectivity index (χ4v) is 3.18. The first-order valence-corrected chi connectivity index (χ1v) is 9.76. The Morgan fingerprint density at radius 3 is 2.41 bits per heavy atom. The molecule has 146 valence electrons. The number of amides is 4. The topological polar surface area (TPSA) is 90.5 Å². The molecule has 1 saturated carbocycles. The Balaban J connectivity index is 1.38. The van der Waals surface area contributed by atoms with E-state index in [2.05, 4.69) is 16.0 Å². The number of carbonyl (C=O) groups excluding carboxylic acids is 3. The number of anilines is 1. The van der Waals surface area contributed by atoms with Gasteiger partial charge in [-0.1, -0.05) is 12.1 Å². The fraction of sp³-hybridized carbons (Fsp3) is 0.550. The minimum atomic E-state index is -0.289. The number of nitrogens with one attached hydrogen (secondary N) is 3. The summed E-state index contributed by atoms with van der Waals surface area (Å²) in [6.45, 7) is 3.89. The summed E-state index contributed by atoms with van der Waals surface area (Å²) in [5.41, 5.74) is 1.72. The maximum Gasteiger partial charge on any atom is 0.315 e. The lowest BCUT2D eigenvalue weighted by Gasteiger charge is -2.17. The number of carbonyl (C=O) groups is 3. The fourth-order valence-electron chi connectivity index (χ4n) is 3.18. The van der Waals surface area contributed by atoms with Gasteiger partial charge in [0.2, 0.25) is 11.8 Å². The highest BCUT2D eigenvalue weighted by atomic mass is 16.2. The first-order chi connectivity index (χ1) is 13.0. The van der Waals surface area contributed by atoms with Crippen molar-refractivity contribution in [2.24, 2.45) is 5.92 Å². The molecule has 0 radical (unpaired) electrons. The van der Waals surface area contributed by atoms with Crippen LogP contribution in [0.2, 0.25) is 0 Å². The lowest BCUT2D eigenvalue weighted by Crippen LogP contribution is -2.39. The van der Waals surface area contributed by atoms with Gasteiger partial charge in [-0.05, 0) is 50.3 Å². The summed E-state index contributed by atoms with van der Waals surface area (Å²) in [5.74, 6) is 0.354. The van der Waals surface area contributed by atoms with Gasteiger partial charge >= 0.3 is 6.03 Å². The van der Waals surface area contributed by atoms with Gasteiger partial charge in [0.1, 0.15) is 0 Å². The number of hydrogen-bond acceptors (Lipinski definition) is 3. The molecule has 3 rings (SSSR count). The Morgan fingerprint density at radius 1 is 1.11 bits per heavy atom. The van der Waals surface area contributed by atoms with Gasteiger partial charge in [-0.3, -0.25) is 9.59 Å². The van der Waals surface area contributed by atoms with E-state index < -0.39 is 0 Å². The summed E-state index contributed by atoms with van der Waals surface area (Å²) < 4.78 is 0. The third kappa shape index (κ3) is 5.70. The van der Waals surface area contributed by atoms with E-state index in [9.17, 15) is 14.4 Å². The Morgan fingerprint density at radius 2 is 1.78 bits per heavy atom.